The van der Waals surface area contributed by atoms with Crippen molar-refractivity contribution in [1.82, 2.24) is 4.65 Å². The smallest absolute Gasteiger partial charge is 0.340 e. The Morgan fingerprint density at radius 3 is 2.18 bits per heavy atom. The standard InChI is InChI=1S/C29H32N2O6S/c1-20-10-12-23(31(34)14-16-38(35,36)17-15-31)19-25(20)27(32)30-26-18-22(21-8-6-5-7-9-21)11-13-24(26)28(33)37-29(2,3)4/h5-13,18-19H,14-17H2,1-4H3,(H,30,32). The van der Waals surface area contributed by atoms with Gasteiger partial charge in [-0.2, -0.15) is 0 Å². The number of quaternary nitrogens is 1. The molecule has 38 heavy (non-hydrogen) atoms. The molecule has 0 bridgehead atoms. The number of rotatable bonds is 5. The summed E-state index contributed by atoms with van der Waals surface area (Å²) in [6.07, 6.45) is 0. The van der Waals surface area contributed by atoms with E-state index in [1.54, 1.807) is 58.0 Å². The molecule has 200 valence electrons. The largest absolute Gasteiger partial charge is 0.627 e. The van der Waals surface area contributed by atoms with E-state index in [4.69, 9.17) is 4.74 Å². The molecule has 1 N–H and O–H groups in total. The summed E-state index contributed by atoms with van der Waals surface area (Å²) in [5.74, 6) is -1.46. The molecule has 0 aromatic heterocycles. The maximum absolute atomic E-state index is 13.5. The first-order valence-electron chi connectivity index (χ1n) is 12.4. The number of nitrogens with zero attached hydrogens (tertiary/aromatic N) is 1. The monoisotopic (exact) mass is 536 g/mol. The van der Waals surface area contributed by atoms with Crippen LogP contribution in [0.1, 0.15) is 47.1 Å². The van der Waals surface area contributed by atoms with Crippen LogP contribution < -0.4 is 9.96 Å². The lowest BCUT2D eigenvalue weighted by Gasteiger charge is -2.44. The van der Waals surface area contributed by atoms with Crippen LogP contribution in [0, 0.1) is 12.1 Å². The van der Waals surface area contributed by atoms with Crippen LogP contribution in [0.15, 0.2) is 66.7 Å². The van der Waals surface area contributed by atoms with Crippen molar-refractivity contribution >= 4 is 33.1 Å². The molecule has 0 radical (unpaired) electrons. The molecule has 1 saturated heterocycles. The first-order valence-corrected chi connectivity index (χ1v) is 14.2. The van der Waals surface area contributed by atoms with E-state index < -0.39 is 32.0 Å². The van der Waals surface area contributed by atoms with Gasteiger partial charge in [0.1, 0.15) is 22.8 Å². The number of hydroxylamine groups is 2. The fourth-order valence-electron chi connectivity index (χ4n) is 4.31. The number of hydrogen-bond acceptors (Lipinski definition) is 6. The van der Waals surface area contributed by atoms with Crippen molar-refractivity contribution in [3.8, 4) is 11.1 Å². The van der Waals surface area contributed by atoms with Crippen molar-refractivity contribution in [2.45, 2.75) is 33.3 Å². The minimum Gasteiger partial charge on any atom is -0.627 e. The first kappa shape index (κ1) is 27.5. The number of sulfone groups is 1. The number of carbonyl (C=O) groups is 2. The highest BCUT2D eigenvalue weighted by molar-refractivity contribution is 7.91. The van der Waals surface area contributed by atoms with Gasteiger partial charge < -0.3 is 19.9 Å². The van der Waals surface area contributed by atoms with Crippen molar-refractivity contribution < 1.29 is 22.7 Å². The highest BCUT2D eigenvalue weighted by Gasteiger charge is 2.32. The number of anilines is 1. The van der Waals surface area contributed by atoms with Crippen molar-refractivity contribution in [3.05, 3.63) is 88.6 Å². The number of amides is 1. The molecule has 0 aliphatic carbocycles. The number of carbonyl (C=O) groups excluding carboxylic acids is 2. The van der Waals surface area contributed by atoms with E-state index in [1.807, 2.05) is 30.3 Å². The number of benzene rings is 3. The third kappa shape index (κ3) is 6.30. The number of aryl methyl sites for hydroxylation is 1. The highest BCUT2D eigenvalue weighted by atomic mass is 32.2. The lowest BCUT2D eigenvalue weighted by Crippen LogP contribution is -2.53. The number of nitrogens with one attached hydrogen (secondary N) is 1. The first-order chi connectivity index (χ1) is 17.8. The quantitative estimate of drug-likeness (QED) is 0.276. The Hall–Kier alpha value is -3.53. The topological polar surface area (TPSA) is 113 Å². The van der Waals surface area contributed by atoms with Gasteiger partial charge >= 0.3 is 5.97 Å². The van der Waals surface area contributed by atoms with E-state index in [0.717, 1.165) is 11.1 Å². The van der Waals surface area contributed by atoms with Crippen LogP contribution >= 0.6 is 0 Å². The van der Waals surface area contributed by atoms with Crippen LogP contribution in [0.5, 0.6) is 0 Å². The fraction of sp³-hybridized carbons (Fsp3) is 0.310. The molecule has 0 saturated carbocycles. The van der Waals surface area contributed by atoms with E-state index >= 15 is 0 Å². The molecular formula is C29H32N2O6S. The molecule has 1 aliphatic heterocycles. The Kier molecular flexibility index (Phi) is 7.47. The Balaban J connectivity index is 1.69. The molecule has 1 amide bonds. The van der Waals surface area contributed by atoms with Gasteiger partial charge in [0, 0.05) is 11.6 Å². The molecule has 9 heteroatoms. The Morgan fingerprint density at radius 1 is 0.895 bits per heavy atom. The van der Waals surface area contributed by atoms with Crippen LogP contribution in [-0.2, 0) is 14.6 Å². The van der Waals surface area contributed by atoms with Gasteiger partial charge in [0.05, 0.1) is 24.3 Å². The lowest BCUT2D eigenvalue weighted by molar-refractivity contribution is 0.00707. The Bertz CT molecular complexity index is 1460. The van der Waals surface area contributed by atoms with Gasteiger partial charge in [0.25, 0.3) is 5.91 Å². The summed E-state index contributed by atoms with van der Waals surface area (Å²) in [7, 11) is -3.23. The van der Waals surface area contributed by atoms with Crippen LogP contribution in [-0.4, -0.2) is 50.5 Å². The molecular weight excluding hydrogens is 504 g/mol. The van der Waals surface area contributed by atoms with Crippen molar-refractivity contribution in [3.63, 3.8) is 0 Å². The lowest BCUT2D eigenvalue weighted by atomic mass is 10.0. The van der Waals surface area contributed by atoms with Crippen molar-refractivity contribution in [1.29, 1.82) is 0 Å². The normalized spacial score (nSPS) is 16.4. The number of hydrogen-bond donors (Lipinski definition) is 1. The Labute approximate surface area is 223 Å². The third-order valence-corrected chi connectivity index (χ3v) is 8.07. The highest BCUT2D eigenvalue weighted by Crippen LogP contribution is 2.30. The van der Waals surface area contributed by atoms with Gasteiger partial charge in [0.15, 0.2) is 9.84 Å². The van der Waals surface area contributed by atoms with E-state index in [-0.39, 0.29) is 41.4 Å². The zero-order chi connectivity index (χ0) is 27.7. The second kappa shape index (κ2) is 10.3. The number of ether oxygens (including phenoxy) is 1. The minimum absolute atomic E-state index is 0.103. The molecule has 1 heterocycles. The van der Waals surface area contributed by atoms with Crippen LogP contribution in [0.25, 0.3) is 11.1 Å². The summed E-state index contributed by atoms with van der Waals surface area (Å²) in [4.78, 5) is 26.5. The second-order valence-electron chi connectivity index (χ2n) is 10.6. The van der Waals surface area contributed by atoms with Crippen molar-refractivity contribution in [2.75, 3.05) is 29.9 Å². The molecule has 0 spiro atoms. The summed E-state index contributed by atoms with van der Waals surface area (Å²) in [6, 6.07) is 19.5. The fourth-order valence-corrected chi connectivity index (χ4v) is 5.66. The summed E-state index contributed by atoms with van der Waals surface area (Å²) in [5.41, 5.74) is 2.70. The average molecular weight is 537 g/mol. The molecule has 3 aromatic carbocycles. The third-order valence-electron chi connectivity index (χ3n) is 6.46. The molecule has 0 atom stereocenters. The zero-order valence-electron chi connectivity index (χ0n) is 22.0. The summed E-state index contributed by atoms with van der Waals surface area (Å²) in [5, 5.41) is 16.3. The van der Waals surface area contributed by atoms with Crippen molar-refractivity contribution in [2.24, 2.45) is 0 Å². The summed E-state index contributed by atoms with van der Waals surface area (Å²) in [6.45, 7) is 6.85. The van der Waals surface area contributed by atoms with Gasteiger partial charge in [0.2, 0.25) is 0 Å². The van der Waals surface area contributed by atoms with Gasteiger partial charge in [-0.25, -0.2) is 13.2 Å². The van der Waals surface area contributed by atoms with Crippen LogP contribution in [0.4, 0.5) is 11.4 Å². The molecule has 1 fully saturated rings. The number of esters is 1. The molecule has 0 unspecified atom stereocenters. The van der Waals surface area contributed by atoms with E-state index in [1.165, 1.54) is 6.07 Å². The molecule has 8 nitrogen and oxygen atoms in total. The SMILES string of the molecule is Cc1ccc([N+]2([O-])CCS(=O)(=O)CC2)cc1C(=O)Nc1cc(-c2ccccc2)ccc1C(=O)OC(C)(C)C. The van der Waals surface area contributed by atoms with E-state index in [2.05, 4.69) is 5.32 Å². The van der Waals surface area contributed by atoms with Gasteiger partial charge in [-0.05, 0) is 62.6 Å². The molecule has 1 aliphatic rings. The van der Waals surface area contributed by atoms with Gasteiger partial charge in [-0.1, -0.05) is 42.5 Å². The Morgan fingerprint density at radius 2 is 1.55 bits per heavy atom. The van der Waals surface area contributed by atoms with E-state index in [0.29, 0.717) is 11.3 Å². The minimum atomic E-state index is -3.23. The second-order valence-corrected chi connectivity index (χ2v) is 12.9. The van der Waals surface area contributed by atoms with Crippen LogP contribution in [0.2, 0.25) is 0 Å². The zero-order valence-corrected chi connectivity index (χ0v) is 22.8. The predicted octanol–water partition coefficient (Wildman–Crippen LogP) is 5.10. The van der Waals surface area contributed by atoms with Gasteiger partial charge in [-0.3, -0.25) is 4.79 Å². The van der Waals surface area contributed by atoms with Crippen LogP contribution in [0.3, 0.4) is 0 Å². The maximum atomic E-state index is 13.5. The molecule has 3 aromatic rings. The summed E-state index contributed by atoms with van der Waals surface area (Å²) < 4.78 is 28.5. The predicted molar refractivity (Wildman–Crippen MR) is 150 cm³/mol. The van der Waals surface area contributed by atoms with E-state index in [9.17, 15) is 23.2 Å². The molecule has 4 rings (SSSR count). The summed E-state index contributed by atoms with van der Waals surface area (Å²) >= 11 is 0. The maximum Gasteiger partial charge on any atom is 0.340 e. The average Bonchev–Trinajstić information content (AvgIpc) is 2.85. The van der Waals surface area contributed by atoms with Gasteiger partial charge in [-0.15, -0.1) is 0 Å².